The third-order valence-corrected chi connectivity index (χ3v) is 1.41. The van der Waals surface area contributed by atoms with E-state index in [0.29, 0.717) is 11.8 Å². The van der Waals surface area contributed by atoms with Crippen molar-refractivity contribution in [1.82, 2.24) is 9.78 Å². The standard InChI is InChI=1S/C8H11N3O/c1-7(2)11-6-8(5-10-11)12-4-3-9/h5-7H,4H2,1-2H3. The van der Waals surface area contributed by atoms with Gasteiger partial charge >= 0.3 is 0 Å². The fraction of sp³-hybridized carbons (Fsp3) is 0.500. The van der Waals surface area contributed by atoms with Crippen molar-refractivity contribution < 1.29 is 4.74 Å². The van der Waals surface area contributed by atoms with Crippen molar-refractivity contribution in [2.45, 2.75) is 19.9 Å². The van der Waals surface area contributed by atoms with Crippen molar-refractivity contribution in [3.63, 3.8) is 0 Å². The summed E-state index contributed by atoms with van der Waals surface area (Å²) in [4.78, 5) is 0. The van der Waals surface area contributed by atoms with Crippen molar-refractivity contribution in [1.29, 1.82) is 5.26 Å². The van der Waals surface area contributed by atoms with Crippen molar-refractivity contribution in [3.05, 3.63) is 12.4 Å². The molecule has 0 saturated heterocycles. The molecule has 0 aromatic carbocycles. The zero-order valence-electron chi connectivity index (χ0n) is 7.19. The Morgan fingerprint density at radius 2 is 2.50 bits per heavy atom. The summed E-state index contributed by atoms with van der Waals surface area (Å²) in [5, 5.41) is 12.3. The zero-order chi connectivity index (χ0) is 8.97. The van der Waals surface area contributed by atoms with E-state index in [1.165, 1.54) is 0 Å². The molecule has 0 amide bonds. The second kappa shape index (κ2) is 3.77. The van der Waals surface area contributed by atoms with E-state index in [1.807, 2.05) is 19.9 Å². The topological polar surface area (TPSA) is 50.8 Å². The molecule has 64 valence electrons. The lowest BCUT2D eigenvalue weighted by Crippen LogP contribution is -2.00. The summed E-state index contributed by atoms with van der Waals surface area (Å²) in [6.45, 7) is 4.13. The predicted octanol–water partition coefficient (Wildman–Crippen LogP) is 1.37. The first-order valence-electron chi connectivity index (χ1n) is 3.78. The minimum Gasteiger partial charge on any atom is -0.475 e. The van der Waals surface area contributed by atoms with Gasteiger partial charge in [-0.1, -0.05) is 0 Å². The Morgan fingerprint density at radius 1 is 1.75 bits per heavy atom. The first-order chi connectivity index (χ1) is 5.74. The molecule has 0 saturated carbocycles. The molecular formula is C8H11N3O. The van der Waals surface area contributed by atoms with Gasteiger partial charge in [0.15, 0.2) is 12.4 Å². The average Bonchev–Trinajstić information content (AvgIpc) is 2.48. The van der Waals surface area contributed by atoms with Crippen LogP contribution in [0.25, 0.3) is 0 Å². The average molecular weight is 165 g/mol. The first kappa shape index (κ1) is 8.60. The molecule has 4 nitrogen and oxygen atoms in total. The molecule has 1 rings (SSSR count). The van der Waals surface area contributed by atoms with Gasteiger partial charge in [-0.25, -0.2) is 0 Å². The summed E-state index contributed by atoms with van der Waals surface area (Å²) in [5.41, 5.74) is 0. The molecule has 0 N–H and O–H groups in total. The van der Waals surface area contributed by atoms with Crippen molar-refractivity contribution in [2.24, 2.45) is 0 Å². The second-order valence-corrected chi connectivity index (χ2v) is 2.70. The third-order valence-electron chi connectivity index (χ3n) is 1.41. The van der Waals surface area contributed by atoms with Gasteiger partial charge in [0.2, 0.25) is 0 Å². The molecule has 0 radical (unpaired) electrons. The zero-order valence-corrected chi connectivity index (χ0v) is 7.19. The molecule has 0 fully saturated rings. The summed E-state index contributed by atoms with van der Waals surface area (Å²) in [6, 6.07) is 2.22. The first-order valence-corrected chi connectivity index (χ1v) is 3.78. The number of nitriles is 1. The number of hydrogen-bond donors (Lipinski definition) is 0. The van der Waals surface area contributed by atoms with Crippen LogP contribution in [-0.2, 0) is 0 Å². The Kier molecular flexibility index (Phi) is 2.70. The van der Waals surface area contributed by atoms with E-state index in [9.17, 15) is 0 Å². The van der Waals surface area contributed by atoms with Crippen LogP contribution in [0.1, 0.15) is 19.9 Å². The van der Waals surface area contributed by atoms with Crippen LogP contribution in [0.3, 0.4) is 0 Å². The van der Waals surface area contributed by atoms with E-state index < -0.39 is 0 Å². The van der Waals surface area contributed by atoms with Crippen LogP contribution in [0, 0.1) is 11.3 Å². The molecule has 12 heavy (non-hydrogen) atoms. The van der Waals surface area contributed by atoms with Gasteiger partial charge < -0.3 is 4.74 Å². The third kappa shape index (κ3) is 1.99. The normalized spacial score (nSPS) is 9.83. The molecule has 0 aliphatic heterocycles. The highest BCUT2D eigenvalue weighted by Gasteiger charge is 2.00. The summed E-state index contributed by atoms with van der Waals surface area (Å²) in [5.74, 6) is 0.644. The van der Waals surface area contributed by atoms with Gasteiger partial charge in [0.1, 0.15) is 6.07 Å². The lowest BCUT2D eigenvalue weighted by Gasteiger charge is -2.02. The molecule has 1 aromatic rings. The highest BCUT2D eigenvalue weighted by atomic mass is 16.5. The Bertz CT molecular complexity index is 285. The monoisotopic (exact) mass is 165 g/mol. The van der Waals surface area contributed by atoms with Crippen LogP contribution in [-0.4, -0.2) is 16.4 Å². The van der Waals surface area contributed by atoms with E-state index in [2.05, 4.69) is 5.10 Å². The molecule has 4 heteroatoms. The van der Waals surface area contributed by atoms with E-state index >= 15 is 0 Å². The quantitative estimate of drug-likeness (QED) is 0.679. The van der Waals surface area contributed by atoms with Gasteiger partial charge in [0.05, 0.1) is 12.4 Å². The van der Waals surface area contributed by atoms with E-state index in [1.54, 1.807) is 17.1 Å². The Morgan fingerprint density at radius 3 is 3.00 bits per heavy atom. The molecule has 0 aliphatic rings. The Balaban J connectivity index is 2.59. The molecule has 1 aromatic heterocycles. The predicted molar refractivity (Wildman–Crippen MR) is 43.7 cm³/mol. The van der Waals surface area contributed by atoms with E-state index in [0.717, 1.165) is 0 Å². The maximum absolute atomic E-state index is 8.24. The lowest BCUT2D eigenvalue weighted by atomic mass is 10.4. The number of aromatic nitrogens is 2. The summed E-state index contributed by atoms with van der Waals surface area (Å²) < 4.78 is 6.83. The van der Waals surface area contributed by atoms with Crippen LogP contribution in [0.5, 0.6) is 5.75 Å². The highest BCUT2D eigenvalue weighted by Crippen LogP contribution is 2.11. The maximum atomic E-state index is 8.24. The summed E-state index contributed by atoms with van der Waals surface area (Å²) >= 11 is 0. The lowest BCUT2D eigenvalue weighted by molar-refractivity contribution is 0.367. The SMILES string of the molecule is CC(C)n1cc(OCC#N)cn1. The van der Waals surface area contributed by atoms with Crippen molar-refractivity contribution >= 4 is 0 Å². The highest BCUT2D eigenvalue weighted by molar-refractivity contribution is 5.12. The summed E-state index contributed by atoms with van der Waals surface area (Å²) in [7, 11) is 0. The van der Waals surface area contributed by atoms with Crippen LogP contribution >= 0.6 is 0 Å². The number of ether oxygens (including phenoxy) is 1. The molecule has 0 unspecified atom stereocenters. The van der Waals surface area contributed by atoms with Crippen LogP contribution in [0.15, 0.2) is 12.4 Å². The molecule has 0 aliphatic carbocycles. The second-order valence-electron chi connectivity index (χ2n) is 2.70. The molecular weight excluding hydrogens is 154 g/mol. The molecule has 0 atom stereocenters. The van der Waals surface area contributed by atoms with Gasteiger partial charge in [0, 0.05) is 6.04 Å². The fourth-order valence-electron chi connectivity index (χ4n) is 0.793. The van der Waals surface area contributed by atoms with Gasteiger partial charge in [0.25, 0.3) is 0 Å². The minimum absolute atomic E-state index is 0.0732. The fourth-order valence-corrected chi connectivity index (χ4v) is 0.793. The molecule has 0 spiro atoms. The Hall–Kier alpha value is -1.50. The van der Waals surface area contributed by atoms with Crippen LogP contribution in [0.2, 0.25) is 0 Å². The van der Waals surface area contributed by atoms with Gasteiger partial charge in [-0.05, 0) is 13.8 Å². The Labute approximate surface area is 71.4 Å². The van der Waals surface area contributed by atoms with Crippen molar-refractivity contribution in [3.8, 4) is 11.8 Å². The van der Waals surface area contributed by atoms with Crippen molar-refractivity contribution in [2.75, 3.05) is 6.61 Å². The number of hydrogen-bond acceptors (Lipinski definition) is 3. The molecule has 0 bridgehead atoms. The maximum Gasteiger partial charge on any atom is 0.174 e. The number of rotatable bonds is 3. The van der Waals surface area contributed by atoms with Gasteiger partial charge in [-0.15, -0.1) is 0 Å². The van der Waals surface area contributed by atoms with E-state index in [-0.39, 0.29) is 6.61 Å². The molecule has 1 heterocycles. The summed E-state index contributed by atoms with van der Waals surface area (Å²) in [6.07, 6.45) is 3.39. The van der Waals surface area contributed by atoms with Gasteiger partial charge in [-0.2, -0.15) is 10.4 Å². The van der Waals surface area contributed by atoms with E-state index in [4.69, 9.17) is 10.00 Å². The number of nitrogens with zero attached hydrogens (tertiary/aromatic N) is 3. The smallest absolute Gasteiger partial charge is 0.174 e. The minimum atomic E-state index is 0.0732. The largest absolute Gasteiger partial charge is 0.475 e. The van der Waals surface area contributed by atoms with Gasteiger partial charge in [-0.3, -0.25) is 4.68 Å². The van der Waals surface area contributed by atoms with Crippen LogP contribution < -0.4 is 4.74 Å². The van der Waals surface area contributed by atoms with Crippen LogP contribution in [0.4, 0.5) is 0 Å².